The Morgan fingerprint density at radius 2 is 1.90 bits per heavy atom. The van der Waals surface area contributed by atoms with Gasteiger partial charge in [0.2, 0.25) is 5.91 Å². The number of carbonyl (C=O) groups is 1. The summed E-state index contributed by atoms with van der Waals surface area (Å²) in [5, 5.41) is 24.1. The molecule has 0 aliphatic rings. The molecule has 0 fully saturated rings. The summed E-state index contributed by atoms with van der Waals surface area (Å²) in [5.41, 5.74) is 3.37. The summed E-state index contributed by atoms with van der Waals surface area (Å²) in [6.45, 7) is 2.03. The van der Waals surface area contributed by atoms with Crippen LogP contribution in [-0.2, 0) is 4.79 Å². The topological polar surface area (TPSA) is 83.6 Å². The molecule has 0 aliphatic heterocycles. The van der Waals surface area contributed by atoms with E-state index < -0.39 is 0 Å². The molecule has 1 N–H and O–H groups in total. The Morgan fingerprint density at radius 3 is 2.61 bits per heavy atom. The van der Waals surface area contributed by atoms with Crippen LogP contribution in [0, 0.1) is 18.3 Å². The number of carbonyl (C=O) groups excluding carboxylic acids is 1. The van der Waals surface area contributed by atoms with Gasteiger partial charge in [-0.05, 0) is 42.6 Å². The van der Waals surface area contributed by atoms with Crippen LogP contribution >= 0.6 is 34.7 Å². The molecule has 0 unspecified atom stereocenters. The van der Waals surface area contributed by atoms with Gasteiger partial charge in [0.1, 0.15) is 11.1 Å². The molecular formula is C22H16ClN5OS2. The van der Waals surface area contributed by atoms with E-state index in [0.717, 1.165) is 16.8 Å². The van der Waals surface area contributed by atoms with Crippen LogP contribution in [0.4, 0.5) is 5.00 Å². The Bertz CT molecular complexity index is 1260. The second-order valence-electron chi connectivity index (χ2n) is 6.60. The molecule has 0 atom stereocenters. The second kappa shape index (κ2) is 9.35. The number of nitrogens with one attached hydrogen (secondary N) is 1. The highest BCUT2D eigenvalue weighted by atomic mass is 35.5. The van der Waals surface area contributed by atoms with E-state index in [1.165, 1.54) is 23.1 Å². The maximum atomic E-state index is 12.4. The van der Waals surface area contributed by atoms with E-state index in [9.17, 15) is 4.79 Å². The summed E-state index contributed by atoms with van der Waals surface area (Å²) in [6.07, 6.45) is 0. The first kappa shape index (κ1) is 21.1. The number of rotatable bonds is 6. The monoisotopic (exact) mass is 465 g/mol. The largest absolute Gasteiger partial charge is 0.316 e. The summed E-state index contributed by atoms with van der Waals surface area (Å²) in [7, 11) is 0. The smallest absolute Gasteiger partial charge is 0.235 e. The number of halogens is 1. The number of amides is 1. The molecule has 2 heterocycles. The third kappa shape index (κ3) is 4.80. The van der Waals surface area contributed by atoms with E-state index in [4.69, 9.17) is 16.9 Å². The minimum atomic E-state index is -0.216. The number of nitriles is 1. The highest BCUT2D eigenvalue weighted by molar-refractivity contribution is 7.99. The molecule has 0 saturated carbocycles. The van der Waals surface area contributed by atoms with Gasteiger partial charge in [-0.2, -0.15) is 5.26 Å². The molecule has 6 nitrogen and oxygen atoms in total. The van der Waals surface area contributed by atoms with Crippen LogP contribution in [0.25, 0.3) is 17.1 Å². The molecule has 0 spiro atoms. The van der Waals surface area contributed by atoms with Crippen LogP contribution in [0.1, 0.15) is 11.1 Å². The predicted molar refractivity (Wildman–Crippen MR) is 125 cm³/mol. The normalized spacial score (nSPS) is 10.6. The minimum Gasteiger partial charge on any atom is -0.316 e. The zero-order valence-electron chi connectivity index (χ0n) is 16.4. The van der Waals surface area contributed by atoms with Crippen molar-refractivity contribution in [2.45, 2.75) is 12.1 Å². The quantitative estimate of drug-likeness (QED) is 0.377. The van der Waals surface area contributed by atoms with Crippen LogP contribution in [0.2, 0.25) is 5.02 Å². The van der Waals surface area contributed by atoms with Crippen molar-refractivity contribution in [3.63, 3.8) is 0 Å². The van der Waals surface area contributed by atoms with Crippen molar-refractivity contribution in [3.8, 4) is 23.1 Å². The molecular weight excluding hydrogens is 450 g/mol. The predicted octanol–water partition coefficient (Wildman–Crippen LogP) is 5.56. The number of aryl methyl sites for hydroxylation is 1. The van der Waals surface area contributed by atoms with Crippen molar-refractivity contribution in [2.75, 3.05) is 11.1 Å². The number of hydrogen-bond acceptors (Lipinski definition) is 6. The van der Waals surface area contributed by atoms with Gasteiger partial charge in [0, 0.05) is 16.3 Å². The molecule has 154 valence electrons. The fraction of sp³-hybridized carbons (Fsp3) is 0.0909. The van der Waals surface area contributed by atoms with E-state index in [2.05, 4.69) is 21.6 Å². The van der Waals surface area contributed by atoms with E-state index in [1.807, 2.05) is 47.9 Å². The Labute approximate surface area is 192 Å². The molecule has 0 bridgehead atoms. The number of hydrogen-bond donors (Lipinski definition) is 1. The van der Waals surface area contributed by atoms with Crippen LogP contribution in [0.3, 0.4) is 0 Å². The van der Waals surface area contributed by atoms with Gasteiger partial charge in [-0.1, -0.05) is 53.2 Å². The zero-order chi connectivity index (χ0) is 21.8. The Morgan fingerprint density at radius 1 is 1.16 bits per heavy atom. The molecule has 2 aromatic carbocycles. The lowest BCUT2D eigenvalue weighted by Crippen LogP contribution is -2.14. The van der Waals surface area contributed by atoms with Crippen molar-refractivity contribution in [1.29, 1.82) is 5.26 Å². The lowest BCUT2D eigenvalue weighted by Gasteiger charge is -2.11. The van der Waals surface area contributed by atoms with Crippen molar-refractivity contribution in [2.24, 2.45) is 0 Å². The Balaban J connectivity index is 1.61. The second-order valence-corrected chi connectivity index (χ2v) is 8.89. The highest BCUT2D eigenvalue weighted by Crippen LogP contribution is 2.29. The number of anilines is 1. The average Bonchev–Trinajstić information content (AvgIpc) is 3.40. The van der Waals surface area contributed by atoms with Crippen LogP contribution < -0.4 is 5.32 Å². The first-order valence-electron chi connectivity index (χ1n) is 9.24. The van der Waals surface area contributed by atoms with Gasteiger partial charge in [0.05, 0.1) is 11.3 Å². The molecule has 2 aromatic heterocycles. The summed E-state index contributed by atoms with van der Waals surface area (Å²) in [6, 6.07) is 19.1. The van der Waals surface area contributed by atoms with E-state index in [-0.39, 0.29) is 11.7 Å². The number of aromatic nitrogens is 3. The van der Waals surface area contributed by atoms with Gasteiger partial charge in [-0.3, -0.25) is 9.36 Å². The maximum Gasteiger partial charge on any atom is 0.235 e. The number of thioether (sulfide) groups is 1. The molecule has 4 aromatic rings. The lowest BCUT2D eigenvalue weighted by molar-refractivity contribution is -0.113. The molecule has 9 heteroatoms. The molecule has 4 rings (SSSR count). The van der Waals surface area contributed by atoms with Crippen molar-refractivity contribution < 1.29 is 4.79 Å². The van der Waals surface area contributed by atoms with Crippen molar-refractivity contribution in [3.05, 3.63) is 76.1 Å². The van der Waals surface area contributed by atoms with Crippen molar-refractivity contribution >= 4 is 45.6 Å². The SMILES string of the molecule is Cc1ccc(-c2nnc(SCC(=O)Nc3sccc3C#N)n2-c2ccc(Cl)cc2)cc1. The van der Waals surface area contributed by atoms with E-state index in [1.54, 1.807) is 23.6 Å². The molecule has 0 saturated heterocycles. The number of benzene rings is 2. The Hall–Kier alpha value is -3.12. The fourth-order valence-electron chi connectivity index (χ4n) is 2.86. The first-order valence-corrected chi connectivity index (χ1v) is 11.5. The summed E-state index contributed by atoms with van der Waals surface area (Å²) in [5.74, 6) is 0.587. The van der Waals surface area contributed by atoms with Gasteiger partial charge in [-0.25, -0.2) is 0 Å². The Kier molecular flexibility index (Phi) is 6.37. The third-order valence-corrected chi connectivity index (χ3v) is 6.41. The summed E-state index contributed by atoms with van der Waals surface area (Å²) in [4.78, 5) is 12.4. The molecule has 0 radical (unpaired) electrons. The van der Waals surface area contributed by atoms with Gasteiger partial charge in [-0.15, -0.1) is 21.5 Å². The fourth-order valence-corrected chi connectivity index (χ4v) is 4.49. The highest BCUT2D eigenvalue weighted by Gasteiger charge is 2.18. The van der Waals surface area contributed by atoms with E-state index in [0.29, 0.717) is 26.6 Å². The maximum absolute atomic E-state index is 12.4. The van der Waals surface area contributed by atoms with Gasteiger partial charge in [0.25, 0.3) is 0 Å². The lowest BCUT2D eigenvalue weighted by atomic mass is 10.1. The minimum absolute atomic E-state index is 0.127. The van der Waals surface area contributed by atoms with Gasteiger partial charge < -0.3 is 5.32 Å². The molecule has 0 aliphatic carbocycles. The van der Waals surface area contributed by atoms with Crippen LogP contribution in [-0.4, -0.2) is 26.4 Å². The average molecular weight is 466 g/mol. The third-order valence-electron chi connectivity index (χ3n) is 4.40. The van der Waals surface area contributed by atoms with Gasteiger partial charge in [0.15, 0.2) is 11.0 Å². The molecule has 31 heavy (non-hydrogen) atoms. The first-order chi connectivity index (χ1) is 15.0. The van der Waals surface area contributed by atoms with Crippen molar-refractivity contribution in [1.82, 2.24) is 14.8 Å². The van der Waals surface area contributed by atoms with Crippen LogP contribution in [0.5, 0.6) is 0 Å². The zero-order valence-corrected chi connectivity index (χ0v) is 18.8. The summed E-state index contributed by atoms with van der Waals surface area (Å²) < 4.78 is 1.91. The van der Waals surface area contributed by atoms with Crippen LogP contribution in [0.15, 0.2) is 65.1 Å². The summed E-state index contributed by atoms with van der Waals surface area (Å²) >= 11 is 8.65. The van der Waals surface area contributed by atoms with Gasteiger partial charge >= 0.3 is 0 Å². The number of nitrogens with zero attached hydrogens (tertiary/aromatic N) is 4. The van der Waals surface area contributed by atoms with E-state index >= 15 is 0 Å². The standard InChI is InChI=1S/C22H16ClN5OS2/c1-14-2-4-15(5-3-14)20-26-27-22(28(20)18-8-6-17(23)7-9-18)31-13-19(29)25-21-16(12-24)10-11-30-21/h2-11H,13H2,1H3,(H,25,29). The molecule has 1 amide bonds. The number of thiophene rings is 1.